The maximum Gasteiger partial charge on any atom is 0.213 e. The molecule has 0 aliphatic rings. The summed E-state index contributed by atoms with van der Waals surface area (Å²) in [6, 6.07) is 0. The lowest BCUT2D eigenvalue weighted by molar-refractivity contribution is 0.217. The van der Waals surface area contributed by atoms with Crippen LogP contribution in [0.4, 0.5) is 0 Å². The van der Waals surface area contributed by atoms with Crippen LogP contribution in [-0.4, -0.2) is 40.3 Å². The molecule has 0 saturated heterocycles. The summed E-state index contributed by atoms with van der Waals surface area (Å²) in [6.07, 6.45) is 0. The molecule has 0 aliphatic carbocycles. The third-order valence-electron chi connectivity index (χ3n) is 1.70. The zero-order valence-corrected chi connectivity index (χ0v) is 9.23. The van der Waals surface area contributed by atoms with E-state index in [4.69, 9.17) is 11.1 Å². The largest absolute Gasteiger partial charge is 0.387 e. The Morgan fingerprint density at radius 3 is 2.64 bits per heavy atom. The Morgan fingerprint density at radius 1 is 1.64 bits per heavy atom. The molecule has 1 unspecified atom stereocenters. The number of sulfonamides is 1. The number of nitrogens with one attached hydrogen (secondary N) is 2. The van der Waals surface area contributed by atoms with Gasteiger partial charge >= 0.3 is 0 Å². The summed E-state index contributed by atoms with van der Waals surface area (Å²) in [6.45, 7) is 1.99. The van der Waals surface area contributed by atoms with Crippen molar-refractivity contribution in [3.63, 3.8) is 0 Å². The minimum atomic E-state index is -3.30. The molecule has 0 aliphatic heterocycles. The van der Waals surface area contributed by atoms with Crippen molar-refractivity contribution in [3.05, 3.63) is 0 Å². The SMILES string of the molecule is COCCS(=O)(=O)NCC(C)C(=N)N. The first kappa shape index (κ1) is 13.3. The first-order valence-electron chi connectivity index (χ1n) is 4.19. The van der Waals surface area contributed by atoms with Gasteiger partial charge in [-0.2, -0.15) is 0 Å². The second-order valence-electron chi connectivity index (χ2n) is 3.02. The lowest BCUT2D eigenvalue weighted by atomic mass is 10.2. The zero-order valence-electron chi connectivity index (χ0n) is 8.41. The standard InChI is InChI=1S/C7H17N3O3S/c1-6(7(8)9)5-10-14(11,12)4-3-13-2/h6,10H,3-5H2,1-2H3,(H3,8,9). The fourth-order valence-electron chi connectivity index (χ4n) is 0.627. The molecule has 0 saturated carbocycles. The molecular weight excluding hydrogens is 206 g/mol. The van der Waals surface area contributed by atoms with E-state index in [9.17, 15) is 8.42 Å². The summed E-state index contributed by atoms with van der Waals surface area (Å²) in [5.74, 6) is -0.388. The van der Waals surface area contributed by atoms with Gasteiger partial charge in [-0.05, 0) is 0 Å². The van der Waals surface area contributed by atoms with E-state index in [2.05, 4.69) is 9.46 Å². The van der Waals surface area contributed by atoms with Crippen LogP contribution in [0.5, 0.6) is 0 Å². The van der Waals surface area contributed by atoms with Gasteiger partial charge in [-0.15, -0.1) is 0 Å². The lowest BCUT2D eigenvalue weighted by Crippen LogP contribution is -2.36. The number of rotatable bonds is 7. The van der Waals surface area contributed by atoms with Crippen LogP contribution in [0.2, 0.25) is 0 Å². The van der Waals surface area contributed by atoms with Crippen molar-refractivity contribution in [2.45, 2.75) is 6.92 Å². The van der Waals surface area contributed by atoms with Gasteiger partial charge in [0, 0.05) is 19.6 Å². The average molecular weight is 223 g/mol. The van der Waals surface area contributed by atoms with Crippen LogP contribution in [0.15, 0.2) is 0 Å². The van der Waals surface area contributed by atoms with Gasteiger partial charge in [0.2, 0.25) is 10.0 Å². The molecule has 1 atom stereocenters. The van der Waals surface area contributed by atoms with Crippen molar-refractivity contribution < 1.29 is 13.2 Å². The number of hydrogen-bond acceptors (Lipinski definition) is 4. The number of methoxy groups -OCH3 is 1. The third kappa shape index (κ3) is 5.90. The highest BCUT2D eigenvalue weighted by molar-refractivity contribution is 7.89. The van der Waals surface area contributed by atoms with Crippen LogP contribution < -0.4 is 10.5 Å². The first-order chi connectivity index (χ1) is 6.39. The summed E-state index contributed by atoms with van der Waals surface area (Å²) in [7, 11) is -1.86. The molecule has 0 bridgehead atoms. The molecule has 0 aromatic heterocycles. The second-order valence-corrected chi connectivity index (χ2v) is 4.94. The van der Waals surface area contributed by atoms with Gasteiger partial charge in [-0.1, -0.05) is 6.92 Å². The maximum atomic E-state index is 11.2. The summed E-state index contributed by atoms with van der Waals surface area (Å²) < 4.78 is 29.4. The minimum absolute atomic E-state index is 0.0283. The Hall–Kier alpha value is -0.660. The van der Waals surface area contributed by atoms with Gasteiger partial charge in [0.25, 0.3) is 0 Å². The van der Waals surface area contributed by atoms with E-state index in [1.807, 2.05) is 0 Å². The Balaban J connectivity index is 3.93. The zero-order chi connectivity index (χ0) is 11.2. The number of amidine groups is 1. The molecule has 4 N–H and O–H groups in total. The van der Waals surface area contributed by atoms with E-state index in [-0.39, 0.29) is 30.7 Å². The highest BCUT2D eigenvalue weighted by Gasteiger charge is 2.12. The summed E-state index contributed by atoms with van der Waals surface area (Å²) in [5, 5.41) is 7.06. The molecule has 0 amide bonds. The van der Waals surface area contributed by atoms with Crippen LogP contribution in [0.25, 0.3) is 0 Å². The molecule has 0 aromatic rings. The molecule has 0 radical (unpaired) electrons. The molecule has 0 rings (SSSR count). The Bertz CT molecular complexity index is 276. The quantitative estimate of drug-likeness (QED) is 0.385. The average Bonchev–Trinajstić information content (AvgIpc) is 2.11. The third-order valence-corrected chi connectivity index (χ3v) is 3.01. The first-order valence-corrected chi connectivity index (χ1v) is 5.84. The predicted octanol–water partition coefficient (Wildman–Crippen LogP) is -0.876. The highest BCUT2D eigenvalue weighted by atomic mass is 32.2. The van der Waals surface area contributed by atoms with Gasteiger partial charge < -0.3 is 10.5 Å². The van der Waals surface area contributed by atoms with Crippen molar-refractivity contribution in [1.29, 1.82) is 5.41 Å². The number of nitrogens with two attached hydrogens (primary N) is 1. The van der Waals surface area contributed by atoms with Gasteiger partial charge in [-0.25, -0.2) is 13.1 Å². The molecule has 0 spiro atoms. The Morgan fingerprint density at radius 2 is 2.21 bits per heavy atom. The Kier molecular flexibility index (Phi) is 5.66. The van der Waals surface area contributed by atoms with E-state index in [0.717, 1.165) is 0 Å². The van der Waals surface area contributed by atoms with Crippen LogP contribution >= 0.6 is 0 Å². The van der Waals surface area contributed by atoms with E-state index in [1.165, 1.54) is 7.11 Å². The van der Waals surface area contributed by atoms with Crippen LogP contribution in [0, 0.1) is 11.3 Å². The molecule has 6 nitrogen and oxygen atoms in total. The lowest BCUT2D eigenvalue weighted by Gasteiger charge is -2.10. The van der Waals surface area contributed by atoms with E-state index < -0.39 is 10.0 Å². The van der Waals surface area contributed by atoms with Gasteiger partial charge in [-0.3, -0.25) is 5.41 Å². The topological polar surface area (TPSA) is 105 Å². The smallest absolute Gasteiger partial charge is 0.213 e. The molecule has 84 valence electrons. The van der Waals surface area contributed by atoms with Crippen LogP contribution in [0.1, 0.15) is 6.92 Å². The molecule has 0 aromatic carbocycles. The monoisotopic (exact) mass is 223 g/mol. The van der Waals surface area contributed by atoms with Crippen molar-refractivity contribution >= 4 is 15.9 Å². The predicted molar refractivity (Wildman–Crippen MR) is 54.7 cm³/mol. The van der Waals surface area contributed by atoms with E-state index >= 15 is 0 Å². The van der Waals surface area contributed by atoms with Crippen molar-refractivity contribution in [2.75, 3.05) is 26.0 Å². The summed E-state index contributed by atoms with van der Waals surface area (Å²) in [5.41, 5.74) is 5.19. The Labute approximate surface area is 84.4 Å². The van der Waals surface area contributed by atoms with Gasteiger partial charge in [0.05, 0.1) is 18.2 Å². The molecular formula is C7H17N3O3S. The fraction of sp³-hybridized carbons (Fsp3) is 0.857. The highest BCUT2D eigenvalue weighted by Crippen LogP contribution is 1.93. The van der Waals surface area contributed by atoms with E-state index in [0.29, 0.717) is 0 Å². The second kappa shape index (κ2) is 5.94. The van der Waals surface area contributed by atoms with Gasteiger partial charge in [0.15, 0.2) is 0 Å². The van der Waals surface area contributed by atoms with Gasteiger partial charge in [0.1, 0.15) is 0 Å². The molecule has 0 fully saturated rings. The van der Waals surface area contributed by atoms with Crippen molar-refractivity contribution in [2.24, 2.45) is 11.7 Å². The fourth-order valence-corrected chi connectivity index (χ4v) is 1.66. The molecule has 14 heavy (non-hydrogen) atoms. The van der Waals surface area contributed by atoms with Crippen molar-refractivity contribution in [3.8, 4) is 0 Å². The van der Waals surface area contributed by atoms with Crippen molar-refractivity contribution in [1.82, 2.24) is 4.72 Å². The minimum Gasteiger partial charge on any atom is -0.387 e. The number of ether oxygens (including phenoxy) is 1. The maximum absolute atomic E-state index is 11.2. The summed E-state index contributed by atoms with van der Waals surface area (Å²) in [4.78, 5) is 0. The van der Waals surface area contributed by atoms with E-state index in [1.54, 1.807) is 6.92 Å². The summed E-state index contributed by atoms with van der Waals surface area (Å²) >= 11 is 0. The van der Waals surface area contributed by atoms with Crippen LogP contribution in [-0.2, 0) is 14.8 Å². The van der Waals surface area contributed by atoms with Crippen LogP contribution in [0.3, 0.4) is 0 Å². The normalized spacial score (nSPS) is 13.9. The number of hydrogen-bond donors (Lipinski definition) is 3. The molecule has 0 heterocycles. The molecule has 7 heteroatoms.